The van der Waals surface area contributed by atoms with E-state index in [-0.39, 0.29) is 12.5 Å². The second-order valence-electron chi connectivity index (χ2n) is 4.77. The van der Waals surface area contributed by atoms with Crippen LogP contribution in [0.25, 0.3) is 0 Å². The summed E-state index contributed by atoms with van der Waals surface area (Å²) in [6.07, 6.45) is 0. The Bertz CT molecular complexity index is 577. The summed E-state index contributed by atoms with van der Waals surface area (Å²) in [6.45, 7) is 4.83. The predicted octanol–water partition coefficient (Wildman–Crippen LogP) is 3.00. The molecule has 20 heavy (non-hydrogen) atoms. The van der Waals surface area contributed by atoms with Crippen LogP contribution in [0, 0.1) is 13.8 Å². The van der Waals surface area contributed by atoms with Crippen LogP contribution in [0.5, 0.6) is 0 Å². The molecular weight excluding hydrogens is 270 g/mol. The van der Waals surface area contributed by atoms with E-state index in [2.05, 4.69) is 0 Å². The summed E-state index contributed by atoms with van der Waals surface area (Å²) in [7, 11) is 0. The van der Waals surface area contributed by atoms with Crippen LogP contribution in [0.15, 0.2) is 35.7 Å². The molecule has 106 valence electrons. The summed E-state index contributed by atoms with van der Waals surface area (Å²) in [4.78, 5) is 15.5. The third kappa shape index (κ3) is 3.26. The van der Waals surface area contributed by atoms with Crippen LogP contribution in [-0.4, -0.2) is 29.1 Å². The maximum Gasteiger partial charge on any atom is 0.255 e. The maximum atomic E-state index is 12.6. The van der Waals surface area contributed by atoms with Crippen LogP contribution in [0.4, 0.5) is 0 Å². The number of hydrogen-bond donors (Lipinski definition) is 1. The monoisotopic (exact) mass is 289 g/mol. The number of benzene rings is 1. The Morgan fingerprint density at radius 2 is 1.95 bits per heavy atom. The van der Waals surface area contributed by atoms with Crippen molar-refractivity contribution in [3.63, 3.8) is 0 Å². The van der Waals surface area contributed by atoms with E-state index in [9.17, 15) is 9.90 Å². The average molecular weight is 289 g/mol. The van der Waals surface area contributed by atoms with Crippen LogP contribution >= 0.6 is 11.3 Å². The van der Waals surface area contributed by atoms with Gasteiger partial charge in [0.15, 0.2) is 0 Å². The zero-order valence-electron chi connectivity index (χ0n) is 11.8. The zero-order valence-corrected chi connectivity index (χ0v) is 12.6. The molecule has 0 saturated carbocycles. The zero-order chi connectivity index (χ0) is 14.5. The first-order valence-corrected chi connectivity index (χ1v) is 7.50. The number of carbonyl (C=O) groups excluding carboxylic acids is 1. The number of carbonyl (C=O) groups is 1. The highest BCUT2D eigenvalue weighted by atomic mass is 32.1. The summed E-state index contributed by atoms with van der Waals surface area (Å²) in [5.74, 6) is -0.00949. The van der Waals surface area contributed by atoms with E-state index in [1.54, 1.807) is 16.2 Å². The summed E-state index contributed by atoms with van der Waals surface area (Å²) < 4.78 is 0. The van der Waals surface area contributed by atoms with Crippen LogP contribution in [0.1, 0.15) is 26.4 Å². The topological polar surface area (TPSA) is 40.5 Å². The van der Waals surface area contributed by atoms with Gasteiger partial charge < -0.3 is 10.0 Å². The molecule has 0 aliphatic rings. The van der Waals surface area contributed by atoms with E-state index in [4.69, 9.17) is 0 Å². The van der Waals surface area contributed by atoms with Gasteiger partial charge in [-0.2, -0.15) is 0 Å². The lowest BCUT2D eigenvalue weighted by Crippen LogP contribution is -2.33. The summed E-state index contributed by atoms with van der Waals surface area (Å²) in [6, 6.07) is 9.84. The molecule has 0 saturated heterocycles. The van der Waals surface area contributed by atoms with Gasteiger partial charge in [-0.05, 0) is 25.0 Å². The van der Waals surface area contributed by atoms with Crippen molar-refractivity contribution >= 4 is 17.2 Å². The Morgan fingerprint density at radius 3 is 2.50 bits per heavy atom. The minimum Gasteiger partial charge on any atom is -0.395 e. The minimum absolute atomic E-state index is 0.00949. The van der Waals surface area contributed by atoms with Crippen LogP contribution in [0.3, 0.4) is 0 Å². The van der Waals surface area contributed by atoms with Gasteiger partial charge in [-0.3, -0.25) is 4.79 Å². The average Bonchev–Trinajstić information content (AvgIpc) is 2.79. The van der Waals surface area contributed by atoms with Gasteiger partial charge >= 0.3 is 0 Å². The highest BCUT2D eigenvalue weighted by Crippen LogP contribution is 2.22. The van der Waals surface area contributed by atoms with Crippen LogP contribution in [-0.2, 0) is 6.54 Å². The summed E-state index contributed by atoms with van der Waals surface area (Å²) >= 11 is 1.59. The van der Waals surface area contributed by atoms with E-state index in [1.807, 2.05) is 49.6 Å². The molecule has 0 atom stereocenters. The van der Waals surface area contributed by atoms with Gasteiger partial charge in [-0.1, -0.05) is 30.3 Å². The quantitative estimate of drug-likeness (QED) is 0.919. The van der Waals surface area contributed by atoms with Crippen molar-refractivity contribution < 1.29 is 9.90 Å². The maximum absolute atomic E-state index is 12.6. The molecule has 0 bridgehead atoms. The van der Waals surface area contributed by atoms with E-state index < -0.39 is 0 Å². The number of thiophene rings is 1. The Labute approximate surface area is 123 Å². The number of nitrogens with zero attached hydrogens (tertiary/aromatic N) is 1. The van der Waals surface area contributed by atoms with Crippen molar-refractivity contribution in [3.05, 3.63) is 57.3 Å². The van der Waals surface area contributed by atoms with Crippen molar-refractivity contribution in [2.45, 2.75) is 20.4 Å². The molecule has 2 aromatic rings. The molecule has 0 unspecified atom stereocenters. The first-order valence-electron chi connectivity index (χ1n) is 6.62. The van der Waals surface area contributed by atoms with E-state index in [1.165, 1.54) is 0 Å². The van der Waals surface area contributed by atoms with E-state index >= 15 is 0 Å². The fourth-order valence-corrected chi connectivity index (χ4v) is 2.93. The molecule has 1 amide bonds. The third-order valence-corrected chi connectivity index (χ3v) is 4.40. The molecule has 1 aromatic carbocycles. The van der Waals surface area contributed by atoms with Crippen molar-refractivity contribution in [2.75, 3.05) is 13.2 Å². The normalized spacial score (nSPS) is 10.6. The standard InChI is InChI=1S/C16H19NO2S/c1-12-13(2)20-11-15(12)16(19)17(8-9-18)10-14-6-4-3-5-7-14/h3-7,11,18H,8-10H2,1-2H3. The van der Waals surface area contributed by atoms with Gasteiger partial charge in [0.2, 0.25) is 0 Å². The fraction of sp³-hybridized carbons (Fsp3) is 0.312. The number of amides is 1. The van der Waals surface area contributed by atoms with Gasteiger partial charge in [0, 0.05) is 23.3 Å². The smallest absolute Gasteiger partial charge is 0.255 e. The molecule has 0 aliphatic heterocycles. The van der Waals surface area contributed by atoms with Crippen molar-refractivity contribution in [2.24, 2.45) is 0 Å². The van der Waals surface area contributed by atoms with Gasteiger partial charge in [0.05, 0.1) is 12.2 Å². The fourth-order valence-electron chi connectivity index (χ4n) is 2.07. The number of aliphatic hydroxyl groups excluding tert-OH is 1. The molecule has 1 heterocycles. The number of aryl methyl sites for hydroxylation is 1. The van der Waals surface area contributed by atoms with Gasteiger partial charge in [-0.15, -0.1) is 11.3 Å². The first kappa shape index (κ1) is 14.8. The molecule has 1 aromatic heterocycles. The first-order chi connectivity index (χ1) is 9.63. The van der Waals surface area contributed by atoms with Gasteiger partial charge in [0.25, 0.3) is 5.91 Å². The van der Waals surface area contributed by atoms with Gasteiger partial charge in [0.1, 0.15) is 0 Å². The van der Waals surface area contributed by atoms with E-state index in [0.717, 1.165) is 21.6 Å². The lowest BCUT2D eigenvalue weighted by molar-refractivity contribution is 0.0707. The molecule has 0 aliphatic carbocycles. The highest BCUT2D eigenvalue weighted by Gasteiger charge is 2.19. The summed E-state index contributed by atoms with van der Waals surface area (Å²) in [5.41, 5.74) is 2.85. The Balaban J connectivity index is 2.20. The molecule has 2 rings (SSSR count). The number of hydrogen-bond acceptors (Lipinski definition) is 3. The highest BCUT2D eigenvalue weighted by molar-refractivity contribution is 7.10. The molecule has 4 heteroatoms. The van der Waals surface area contributed by atoms with Crippen molar-refractivity contribution in [1.29, 1.82) is 0 Å². The van der Waals surface area contributed by atoms with Crippen LogP contribution < -0.4 is 0 Å². The molecule has 3 nitrogen and oxygen atoms in total. The van der Waals surface area contributed by atoms with Crippen molar-refractivity contribution in [1.82, 2.24) is 4.90 Å². The lowest BCUT2D eigenvalue weighted by Gasteiger charge is -2.22. The minimum atomic E-state index is -0.0270. The van der Waals surface area contributed by atoms with Gasteiger partial charge in [-0.25, -0.2) is 0 Å². The largest absolute Gasteiger partial charge is 0.395 e. The third-order valence-electron chi connectivity index (χ3n) is 3.39. The molecule has 0 spiro atoms. The van der Waals surface area contributed by atoms with Crippen molar-refractivity contribution in [3.8, 4) is 0 Å². The summed E-state index contributed by atoms with van der Waals surface area (Å²) in [5, 5.41) is 11.1. The Morgan fingerprint density at radius 1 is 1.25 bits per heavy atom. The SMILES string of the molecule is Cc1scc(C(=O)N(CCO)Cc2ccccc2)c1C. The van der Waals surface area contributed by atoms with Crippen LogP contribution in [0.2, 0.25) is 0 Å². The second kappa shape index (κ2) is 6.68. The predicted molar refractivity (Wildman–Crippen MR) is 82.1 cm³/mol. The lowest BCUT2D eigenvalue weighted by atomic mass is 10.1. The Kier molecular flexibility index (Phi) is 4.93. The number of rotatable bonds is 5. The molecule has 1 N–H and O–H groups in total. The molecular formula is C16H19NO2S. The second-order valence-corrected chi connectivity index (χ2v) is 5.85. The van der Waals surface area contributed by atoms with E-state index in [0.29, 0.717) is 13.1 Å². The number of aliphatic hydroxyl groups is 1. The molecule has 0 fully saturated rings. The molecule has 0 radical (unpaired) electrons. The Hall–Kier alpha value is -1.65.